The van der Waals surface area contributed by atoms with Crippen LogP contribution < -0.4 is 11.3 Å². The van der Waals surface area contributed by atoms with Crippen molar-refractivity contribution in [1.82, 2.24) is 15.2 Å². The highest BCUT2D eigenvalue weighted by atomic mass is 32.1. The van der Waals surface area contributed by atoms with E-state index in [1.807, 2.05) is 22.2 Å². The van der Waals surface area contributed by atoms with E-state index in [9.17, 15) is 0 Å². The zero-order valence-corrected chi connectivity index (χ0v) is 11.9. The lowest BCUT2D eigenvalue weighted by molar-refractivity contribution is 0.560. The van der Waals surface area contributed by atoms with Gasteiger partial charge >= 0.3 is 0 Å². The lowest BCUT2D eigenvalue weighted by atomic mass is 10.1. The molecular formula is C13H20N4S. The SMILES string of the molecule is CCn1cc(CC(NN)c2cc(C)c(C)s2)cn1. The van der Waals surface area contributed by atoms with Crippen LogP contribution in [0.2, 0.25) is 0 Å². The molecule has 2 aromatic rings. The fourth-order valence-corrected chi connectivity index (χ4v) is 3.04. The van der Waals surface area contributed by atoms with Crippen molar-refractivity contribution < 1.29 is 0 Å². The molecule has 5 heteroatoms. The number of nitrogens with two attached hydrogens (primary N) is 1. The van der Waals surface area contributed by atoms with E-state index < -0.39 is 0 Å². The highest BCUT2D eigenvalue weighted by Crippen LogP contribution is 2.28. The van der Waals surface area contributed by atoms with Gasteiger partial charge in [-0.15, -0.1) is 11.3 Å². The lowest BCUT2D eigenvalue weighted by Crippen LogP contribution is -2.28. The monoisotopic (exact) mass is 264 g/mol. The van der Waals surface area contributed by atoms with Crippen molar-refractivity contribution in [3.63, 3.8) is 0 Å². The maximum Gasteiger partial charge on any atom is 0.0594 e. The molecule has 0 amide bonds. The third-order valence-corrected chi connectivity index (χ3v) is 4.45. The first-order chi connectivity index (χ1) is 8.63. The van der Waals surface area contributed by atoms with Crippen LogP contribution in [-0.2, 0) is 13.0 Å². The van der Waals surface area contributed by atoms with E-state index in [1.165, 1.54) is 20.9 Å². The number of aromatic nitrogens is 2. The summed E-state index contributed by atoms with van der Waals surface area (Å²) in [7, 11) is 0. The summed E-state index contributed by atoms with van der Waals surface area (Å²) in [5, 5.41) is 4.29. The first-order valence-corrected chi connectivity index (χ1v) is 7.00. The van der Waals surface area contributed by atoms with Crippen LogP contribution in [-0.4, -0.2) is 9.78 Å². The molecule has 0 aromatic carbocycles. The Morgan fingerprint density at radius 2 is 2.28 bits per heavy atom. The van der Waals surface area contributed by atoms with Gasteiger partial charge in [0.1, 0.15) is 0 Å². The van der Waals surface area contributed by atoms with Crippen molar-refractivity contribution in [3.8, 4) is 0 Å². The minimum Gasteiger partial charge on any atom is -0.273 e. The zero-order valence-electron chi connectivity index (χ0n) is 11.1. The summed E-state index contributed by atoms with van der Waals surface area (Å²) in [6, 6.07) is 2.38. The highest BCUT2D eigenvalue weighted by Gasteiger charge is 2.15. The maximum atomic E-state index is 5.68. The molecule has 0 aliphatic heterocycles. The molecule has 0 aliphatic rings. The molecular weight excluding hydrogens is 244 g/mol. The van der Waals surface area contributed by atoms with E-state index in [2.05, 4.69) is 43.6 Å². The van der Waals surface area contributed by atoms with Crippen LogP contribution in [0.4, 0.5) is 0 Å². The summed E-state index contributed by atoms with van der Waals surface area (Å²) in [6.45, 7) is 7.27. The van der Waals surface area contributed by atoms with Gasteiger partial charge in [-0.3, -0.25) is 16.0 Å². The second-order valence-electron chi connectivity index (χ2n) is 4.52. The number of rotatable bonds is 5. The minimum atomic E-state index is 0.164. The number of aryl methyl sites for hydroxylation is 3. The maximum absolute atomic E-state index is 5.68. The number of nitrogens with zero attached hydrogens (tertiary/aromatic N) is 2. The fourth-order valence-electron chi connectivity index (χ4n) is 1.94. The molecule has 0 spiro atoms. The van der Waals surface area contributed by atoms with Crippen LogP contribution in [0.25, 0.3) is 0 Å². The van der Waals surface area contributed by atoms with Gasteiger partial charge in [0.25, 0.3) is 0 Å². The molecule has 1 unspecified atom stereocenters. The smallest absolute Gasteiger partial charge is 0.0594 e. The van der Waals surface area contributed by atoms with Crippen molar-refractivity contribution in [2.45, 2.75) is 39.8 Å². The Morgan fingerprint density at radius 3 is 2.78 bits per heavy atom. The largest absolute Gasteiger partial charge is 0.273 e. The van der Waals surface area contributed by atoms with Crippen LogP contribution in [0.15, 0.2) is 18.5 Å². The number of hydrogen-bond acceptors (Lipinski definition) is 4. The molecule has 0 saturated heterocycles. The molecule has 0 radical (unpaired) electrons. The molecule has 0 bridgehead atoms. The van der Waals surface area contributed by atoms with Crippen molar-refractivity contribution >= 4 is 11.3 Å². The fraction of sp³-hybridized carbons (Fsp3) is 0.462. The van der Waals surface area contributed by atoms with Gasteiger partial charge in [0.05, 0.1) is 12.2 Å². The Bertz CT molecular complexity index is 495. The zero-order chi connectivity index (χ0) is 13.1. The highest BCUT2D eigenvalue weighted by molar-refractivity contribution is 7.12. The van der Waals surface area contributed by atoms with Crippen molar-refractivity contribution in [3.05, 3.63) is 39.3 Å². The standard InChI is InChI=1S/C13H20N4S/c1-4-17-8-11(7-15-17)6-12(16-14)13-5-9(2)10(3)18-13/h5,7-8,12,16H,4,6,14H2,1-3H3. The molecule has 4 nitrogen and oxygen atoms in total. The van der Waals surface area contributed by atoms with Gasteiger partial charge in [-0.05, 0) is 44.4 Å². The van der Waals surface area contributed by atoms with Crippen molar-refractivity contribution in [2.75, 3.05) is 0 Å². The van der Waals surface area contributed by atoms with Gasteiger partial charge in [-0.1, -0.05) is 0 Å². The van der Waals surface area contributed by atoms with Gasteiger partial charge < -0.3 is 0 Å². The first-order valence-electron chi connectivity index (χ1n) is 6.18. The summed E-state index contributed by atoms with van der Waals surface area (Å²) in [6.07, 6.45) is 4.87. The average Bonchev–Trinajstić information content (AvgIpc) is 2.94. The minimum absolute atomic E-state index is 0.164. The molecule has 0 aliphatic carbocycles. The number of thiophene rings is 1. The molecule has 98 valence electrons. The molecule has 0 fully saturated rings. The van der Waals surface area contributed by atoms with Crippen LogP contribution in [0.5, 0.6) is 0 Å². The van der Waals surface area contributed by atoms with Gasteiger partial charge in [-0.25, -0.2) is 0 Å². The Hall–Kier alpha value is -1.17. The molecule has 3 N–H and O–H groups in total. The van der Waals surface area contributed by atoms with E-state index in [-0.39, 0.29) is 6.04 Å². The molecule has 2 aromatic heterocycles. The average molecular weight is 264 g/mol. The Balaban J connectivity index is 2.14. The van der Waals surface area contributed by atoms with E-state index in [4.69, 9.17) is 5.84 Å². The van der Waals surface area contributed by atoms with Crippen molar-refractivity contribution in [2.24, 2.45) is 5.84 Å². The molecule has 0 saturated carbocycles. The van der Waals surface area contributed by atoms with E-state index in [0.717, 1.165) is 13.0 Å². The predicted octanol–water partition coefficient (Wildman–Crippen LogP) is 2.33. The predicted molar refractivity (Wildman–Crippen MR) is 75.5 cm³/mol. The summed E-state index contributed by atoms with van der Waals surface area (Å²) < 4.78 is 1.94. The second-order valence-corrected chi connectivity index (χ2v) is 5.80. The normalized spacial score (nSPS) is 12.9. The molecule has 2 heterocycles. The number of hydrogen-bond donors (Lipinski definition) is 2. The lowest BCUT2D eigenvalue weighted by Gasteiger charge is -2.12. The van der Waals surface area contributed by atoms with E-state index in [1.54, 1.807) is 0 Å². The topological polar surface area (TPSA) is 55.9 Å². The van der Waals surface area contributed by atoms with Crippen molar-refractivity contribution in [1.29, 1.82) is 0 Å². The third kappa shape index (κ3) is 2.80. The quantitative estimate of drug-likeness (QED) is 0.644. The second kappa shape index (κ2) is 5.65. The van der Waals surface area contributed by atoms with E-state index in [0.29, 0.717) is 0 Å². The van der Waals surface area contributed by atoms with Gasteiger partial charge in [-0.2, -0.15) is 5.10 Å². The molecule has 18 heavy (non-hydrogen) atoms. The number of nitrogens with one attached hydrogen (secondary N) is 1. The Labute approximate surface area is 112 Å². The van der Waals surface area contributed by atoms with Gasteiger partial charge in [0.15, 0.2) is 0 Å². The Kier molecular flexibility index (Phi) is 4.16. The third-order valence-electron chi connectivity index (χ3n) is 3.18. The number of hydrazine groups is 1. The van der Waals surface area contributed by atoms with Crippen LogP contribution in [0, 0.1) is 13.8 Å². The summed E-state index contributed by atoms with van der Waals surface area (Å²) >= 11 is 1.81. The summed E-state index contributed by atoms with van der Waals surface area (Å²) in [5.74, 6) is 5.68. The molecule has 1 atom stereocenters. The Morgan fingerprint density at radius 1 is 1.50 bits per heavy atom. The summed E-state index contributed by atoms with van der Waals surface area (Å²) in [4.78, 5) is 2.64. The van der Waals surface area contributed by atoms with Crippen LogP contribution in [0.1, 0.15) is 33.8 Å². The molecule has 2 rings (SSSR count). The van der Waals surface area contributed by atoms with E-state index >= 15 is 0 Å². The van der Waals surface area contributed by atoms with Crippen LogP contribution in [0.3, 0.4) is 0 Å². The first kappa shape index (κ1) is 13.3. The van der Waals surface area contributed by atoms with Gasteiger partial charge in [0.2, 0.25) is 0 Å². The summed E-state index contributed by atoms with van der Waals surface area (Å²) in [5.41, 5.74) is 5.45. The van der Waals surface area contributed by atoms with Crippen LogP contribution >= 0.6 is 11.3 Å². The van der Waals surface area contributed by atoms with Gasteiger partial charge in [0, 0.05) is 22.5 Å².